The average Bonchev–Trinajstić information content (AvgIpc) is 2.97. The van der Waals surface area contributed by atoms with E-state index in [1.165, 1.54) is 24.2 Å². The molecule has 2 aliphatic heterocycles. The molecule has 0 radical (unpaired) electrons. The van der Waals surface area contributed by atoms with Crippen LogP contribution in [0.25, 0.3) is 6.08 Å². The first-order valence-corrected chi connectivity index (χ1v) is 9.57. The number of likely N-dealkylation sites (tertiary alicyclic amines) is 1. The lowest BCUT2D eigenvalue weighted by molar-refractivity contribution is -0.942. The number of hydrogen-bond donors (Lipinski definition) is 1. The summed E-state index contributed by atoms with van der Waals surface area (Å²) in [5.74, 6) is 0.529. The summed E-state index contributed by atoms with van der Waals surface area (Å²) in [6, 6.07) is 5.77. The number of Topliss-reactive ketones (excluding diaryl/α,β-unsaturated/α-hetero) is 1. The lowest BCUT2D eigenvalue weighted by Gasteiger charge is -2.32. The quantitative estimate of drug-likeness (QED) is 0.847. The van der Waals surface area contributed by atoms with Crippen LogP contribution in [-0.4, -0.2) is 23.4 Å². The van der Waals surface area contributed by atoms with Crippen LogP contribution in [0.5, 0.6) is 11.5 Å². The minimum absolute atomic E-state index is 0.0352. The molecule has 0 spiro atoms. The molecule has 5 nitrogen and oxygen atoms in total. The van der Waals surface area contributed by atoms with Gasteiger partial charge in [-0.2, -0.15) is 0 Å². The molecule has 5 heteroatoms. The van der Waals surface area contributed by atoms with E-state index in [9.17, 15) is 9.90 Å². The van der Waals surface area contributed by atoms with Crippen LogP contribution < -0.4 is 14.7 Å². The van der Waals surface area contributed by atoms with Crippen molar-refractivity contribution in [1.82, 2.24) is 4.98 Å². The van der Waals surface area contributed by atoms with Gasteiger partial charge in [0.1, 0.15) is 12.3 Å². The Labute approximate surface area is 159 Å². The third-order valence-corrected chi connectivity index (χ3v) is 5.67. The molecular weight excluding hydrogens is 340 g/mol. The highest BCUT2D eigenvalue weighted by molar-refractivity contribution is 6.15. The topological polar surface area (TPSA) is 66.7 Å². The van der Waals surface area contributed by atoms with Gasteiger partial charge in [-0.25, -0.2) is 0 Å². The van der Waals surface area contributed by atoms with Crippen molar-refractivity contribution in [3.05, 3.63) is 58.6 Å². The van der Waals surface area contributed by atoms with Crippen LogP contribution in [0.2, 0.25) is 0 Å². The Balaban J connectivity index is 1.71. The number of allylic oxidation sites excluding steroid dienone is 1. The zero-order valence-corrected chi connectivity index (χ0v) is 15.7. The SMILES string of the molecule is Cc1cc([O-])c(C[NH+]2CCCCC2C)c2c1C(=O)/C(=C/c1cccnc1)O2. The molecule has 3 heterocycles. The highest BCUT2D eigenvalue weighted by atomic mass is 16.5. The fourth-order valence-electron chi connectivity index (χ4n) is 4.09. The molecule has 1 saturated heterocycles. The Kier molecular flexibility index (Phi) is 4.70. The Morgan fingerprint density at radius 2 is 2.26 bits per heavy atom. The van der Waals surface area contributed by atoms with Crippen LogP contribution in [0.1, 0.15) is 53.2 Å². The van der Waals surface area contributed by atoms with E-state index in [4.69, 9.17) is 4.74 Å². The Hall–Kier alpha value is -2.66. The number of carbonyl (C=O) groups excluding carboxylic acids is 1. The molecule has 1 aromatic heterocycles. The highest BCUT2D eigenvalue weighted by Crippen LogP contribution is 2.40. The Morgan fingerprint density at radius 1 is 1.41 bits per heavy atom. The molecule has 0 aliphatic carbocycles. The predicted octanol–water partition coefficient (Wildman–Crippen LogP) is 2.04. The number of hydrogen-bond acceptors (Lipinski definition) is 4. The Bertz CT molecular complexity index is 906. The zero-order valence-electron chi connectivity index (χ0n) is 15.7. The van der Waals surface area contributed by atoms with E-state index in [1.807, 2.05) is 12.1 Å². The number of pyridine rings is 1. The molecule has 1 fully saturated rings. The van der Waals surface area contributed by atoms with Gasteiger partial charge in [-0.05, 0) is 56.4 Å². The number of quaternary nitrogens is 1. The summed E-state index contributed by atoms with van der Waals surface area (Å²) >= 11 is 0. The summed E-state index contributed by atoms with van der Waals surface area (Å²) in [5.41, 5.74) is 2.64. The van der Waals surface area contributed by atoms with Gasteiger partial charge in [-0.15, -0.1) is 0 Å². The number of ketones is 1. The first-order chi connectivity index (χ1) is 13.0. The highest BCUT2D eigenvalue weighted by Gasteiger charge is 2.33. The molecule has 2 aliphatic rings. The maximum absolute atomic E-state index is 12.9. The second kappa shape index (κ2) is 7.16. The van der Waals surface area contributed by atoms with Crippen molar-refractivity contribution >= 4 is 11.9 Å². The number of benzene rings is 1. The number of fused-ring (bicyclic) bond motifs is 1. The molecular formula is C22H24N2O3. The molecule has 2 aromatic rings. The van der Waals surface area contributed by atoms with Gasteiger partial charge in [0.25, 0.3) is 0 Å². The van der Waals surface area contributed by atoms with Crippen molar-refractivity contribution in [2.24, 2.45) is 0 Å². The molecule has 0 bridgehead atoms. The van der Waals surface area contributed by atoms with E-state index >= 15 is 0 Å². The molecule has 0 amide bonds. The first-order valence-electron chi connectivity index (χ1n) is 9.57. The van der Waals surface area contributed by atoms with Gasteiger partial charge >= 0.3 is 0 Å². The van der Waals surface area contributed by atoms with Gasteiger partial charge in [-0.1, -0.05) is 17.9 Å². The van der Waals surface area contributed by atoms with Gasteiger partial charge in [0.2, 0.25) is 5.78 Å². The van der Waals surface area contributed by atoms with Crippen molar-refractivity contribution in [1.29, 1.82) is 0 Å². The standard InChI is InChI=1S/C22H24N2O3/c1-14-10-18(25)17(13-24-9-4-3-6-15(24)2)22-20(14)21(26)19(27-22)11-16-7-5-8-23-12-16/h5,7-8,10-12,15,25H,3-4,6,9,13H2,1-2H3/b19-11-. The van der Waals surface area contributed by atoms with Crippen LogP contribution in [0, 0.1) is 6.92 Å². The second-order valence-electron chi connectivity index (χ2n) is 7.58. The fraction of sp³-hybridized carbons (Fsp3) is 0.364. The summed E-state index contributed by atoms with van der Waals surface area (Å²) in [5, 5.41) is 12.7. The van der Waals surface area contributed by atoms with Crippen LogP contribution in [0.4, 0.5) is 0 Å². The summed E-state index contributed by atoms with van der Waals surface area (Å²) < 4.78 is 5.96. The minimum Gasteiger partial charge on any atom is -0.872 e. The van der Waals surface area contributed by atoms with Crippen molar-refractivity contribution in [3.8, 4) is 11.5 Å². The first kappa shape index (κ1) is 17.7. The van der Waals surface area contributed by atoms with Gasteiger partial charge in [0.15, 0.2) is 5.76 Å². The number of rotatable bonds is 3. The summed E-state index contributed by atoms with van der Waals surface area (Å²) in [6.07, 6.45) is 8.65. The number of nitrogens with zero attached hydrogens (tertiary/aromatic N) is 1. The third-order valence-electron chi connectivity index (χ3n) is 5.67. The van der Waals surface area contributed by atoms with Crippen molar-refractivity contribution < 1.29 is 19.5 Å². The van der Waals surface area contributed by atoms with Crippen LogP contribution >= 0.6 is 0 Å². The zero-order chi connectivity index (χ0) is 19.0. The molecule has 2 unspecified atom stereocenters. The molecule has 1 aromatic carbocycles. The fourth-order valence-corrected chi connectivity index (χ4v) is 4.09. The van der Waals surface area contributed by atoms with E-state index in [1.54, 1.807) is 31.5 Å². The molecule has 27 heavy (non-hydrogen) atoms. The maximum atomic E-state index is 12.9. The number of aryl methyl sites for hydroxylation is 1. The number of aromatic nitrogens is 1. The monoisotopic (exact) mass is 364 g/mol. The van der Waals surface area contributed by atoms with E-state index in [-0.39, 0.29) is 17.3 Å². The number of carbonyl (C=O) groups is 1. The van der Waals surface area contributed by atoms with E-state index in [0.29, 0.717) is 35.0 Å². The summed E-state index contributed by atoms with van der Waals surface area (Å²) in [4.78, 5) is 18.4. The third kappa shape index (κ3) is 3.35. The maximum Gasteiger partial charge on any atom is 0.232 e. The van der Waals surface area contributed by atoms with Crippen LogP contribution in [-0.2, 0) is 6.54 Å². The minimum atomic E-state index is -0.158. The largest absolute Gasteiger partial charge is 0.872 e. The molecule has 0 saturated carbocycles. The normalized spacial score (nSPS) is 23.3. The molecule has 4 rings (SSSR count). The molecule has 1 N–H and O–H groups in total. The van der Waals surface area contributed by atoms with Gasteiger partial charge in [-0.3, -0.25) is 9.78 Å². The van der Waals surface area contributed by atoms with Crippen LogP contribution in [0.15, 0.2) is 36.4 Å². The smallest absolute Gasteiger partial charge is 0.232 e. The second-order valence-corrected chi connectivity index (χ2v) is 7.58. The molecule has 2 atom stereocenters. The summed E-state index contributed by atoms with van der Waals surface area (Å²) in [6.45, 7) is 5.69. The molecule has 140 valence electrons. The van der Waals surface area contributed by atoms with Gasteiger partial charge in [0.05, 0.1) is 18.2 Å². The Morgan fingerprint density at radius 3 is 3.00 bits per heavy atom. The van der Waals surface area contributed by atoms with Gasteiger partial charge < -0.3 is 14.7 Å². The van der Waals surface area contributed by atoms with Crippen LogP contribution in [0.3, 0.4) is 0 Å². The van der Waals surface area contributed by atoms with Crippen molar-refractivity contribution in [3.63, 3.8) is 0 Å². The van der Waals surface area contributed by atoms with Crippen molar-refractivity contribution in [2.45, 2.75) is 45.7 Å². The predicted molar refractivity (Wildman–Crippen MR) is 101 cm³/mol. The van der Waals surface area contributed by atoms with E-state index < -0.39 is 0 Å². The number of nitrogens with one attached hydrogen (secondary N) is 1. The number of ether oxygens (including phenoxy) is 1. The van der Waals surface area contributed by atoms with Crippen molar-refractivity contribution in [2.75, 3.05) is 6.54 Å². The number of piperidine rings is 1. The summed E-state index contributed by atoms with van der Waals surface area (Å²) in [7, 11) is 0. The lowest BCUT2D eigenvalue weighted by atomic mass is 9.97. The van der Waals surface area contributed by atoms with E-state index in [2.05, 4.69) is 11.9 Å². The van der Waals surface area contributed by atoms with E-state index in [0.717, 1.165) is 12.1 Å². The average molecular weight is 364 g/mol. The lowest BCUT2D eigenvalue weighted by Crippen LogP contribution is -3.14. The van der Waals surface area contributed by atoms with Gasteiger partial charge in [0, 0.05) is 18.0 Å².